The maximum atomic E-state index is 12.6. The lowest BCUT2D eigenvalue weighted by Gasteiger charge is -2.35. The molecule has 7 heteroatoms. The fourth-order valence-electron chi connectivity index (χ4n) is 2.09. The molecule has 1 heterocycles. The van der Waals surface area contributed by atoms with E-state index >= 15 is 0 Å². The summed E-state index contributed by atoms with van der Waals surface area (Å²) < 4.78 is 32.1. The normalized spacial score (nSPS) is 24.3. The number of ether oxygens (including phenoxy) is 1. The zero-order valence-corrected chi connectivity index (χ0v) is 12.8. The van der Waals surface area contributed by atoms with Crippen LogP contribution in [0.1, 0.15) is 19.4 Å². The minimum Gasteiger partial charge on any atom is -0.375 e. The van der Waals surface area contributed by atoms with E-state index in [0.29, 0.717) is 13.2 Å². The molecule has 0 spiro atoms. The molecule has 1 aliphatic heterocycles. The van der Waals surface area contributed by atoms with Crippen LogP contribution in [-0.2, 0) is 14.8 Å². The van der Waals surface area contributed by atoms with Gasteiger partial charge in [0.05, 0.1) is 28.2 Å². The van der Waals surface area contributed by atoms with Crippen LogP contribution in [0.5, 0.6) is 0 Å². The van der Waals surface area contributed by atoms with Gasteiger partial charge in [-0.2, -0.15) is 9.57 Å². The second kappa shape index (κ2) is 5.70. The smallest absolute Gasteiger partial charge is 0.243 e. The fraction of sp³-hybridized carbons (Fsp3) is 0.462. The Hall–Kier alpha value is -1.13. The van der Waals surface area contributed by atoms with Crippen LogP contribution < -0.4 is 0 Å². The van der Waals surface area contributed by atoms with Gasteiger partial charge in [0, 0.05) is 12.6 Å². The van der Waals surface area contributed by atoms with E-state index in [1.807, 2.05) is 13.0 Å². The van der Waals surface area contributed by atoms with Crippen LogP contribution in [0, 0.1) is 11.3 Å². The molecule has 1 saturated heterocycles. The molecule has 108 valence electrons. The molecule has 0 unspecified atom stereocenters. The summed E-state index contributed by atoms with van der Waals surface area (Å²) in [5, 5.41) is 8.97. The van der Waals surface area contributed by atoms with Crippen LogP contribution >= 0.6 is 11.6 Å². The molecule has 5 nitrogen and oxygen atoms in total. The van der Waals surface area contributed by atoms with Crippen molar-refractivity contribution in [2.24, 2.45) is 0 Å². The molecule has 1 fully saturated rings. The van der Waals surface area contributed by atoms with Gasteiger partial charge in [-0.1, -0.05) is 11.6 Å². The zero-order valence-electron chi connectivity index (χ0n) is 11.2. The minimum absolute atomic E-state index is 0.0995. The van der Waals surface area contributed by atoms with Crippen LogP contribution in [0.4, 0.5) is 0 Å². The summed E-state index contributed by atoms with van der Waals surface area (Å²) in [5.41, 5.74) is 0.258. The van der Waals surface area contributed by atoms with Crippen molar-refractivity contribution >= 4 is 21.6 Å². The average Bonchev–Trinajstić information content (AvgIpc) is 2.41. The van der Waals surface area contributed by atoms with Crippen molar-refractivity contribution in [3.05, 3.63) is 28.8 Å². The molecular weight excluding hydrogens is 300 g/mol. The van der Waals surface area contributed by atoms with E-state index in [9.17, 15) is 8.42 Å². The van der Waals surface area contributed by atoms with E-state index < -0.39 is 10.0 Å². The monoisotopic (exact) mass is 314 g/mol. The van der Waals surface area contributed by atoms with Gasteiger partial charge in [-0.25, -0.2) is 8.42 Å². The Morgan fingerprint density at radius 1 is 1.45 bits per heavy atom. The fourth-order valence-corrected chi connectivity index (χ4v) is 4.10. The Labute approximate surface area is 123 Å². The maximum Gasteiger partial charge on any atom is 0.243 e. The third-order valence-electron chi connectivity index (χ3n) is 3.22. The molecule has 1 aromatic rings. The van der Waals surface area contributed by atoms with Gasteiger partial charge >= 0.3 is 0 Å². The van der Waals surface area contributed by atoms with Crippen molar-refractivity contribution in [1.29, 1.82) is 5.26 Å². The Bertz CT molecular complexity index is 654. The van der Waals surface area contributed by atoms with Gasteiger partial charge in [0.15, 0.2) is 0 Å². The number of rotatable bonds is 2. The van der Waals surface area contributed by atoms with E-state index in [-0.39, 0.29) is 27.6 Å². The molecule has 0 saturated carbocycles. The van der Waals surface area contributed by atoms with E-state index in [2.05, 4.69) is 0 Å². The highest BCUT2D eigenvalue weighted by Crippen LogP contribution is 2.26. The van der Waals surface area contributed by atoms with Gasteiger partial charge in [0.25, 0.3) is 0 Å². The summed E-state index contributed by atoms with van der Waals surface area (Å²) >= 11 is 5.91. The summed E-state index contributed by atoms with van der Waals surface area (Å²) in [4.78, 5) is 0.0995. The van der Waals surface area contributed by atoms with Gasteiger partial charge in [0.2, 0.25) is 10.0 Å². The van der Waals surface area contributed by atoms with E-state index in [0.717, 1.165) is 0 Å². The van der Waals surface area contributed by atoms with Crippen molar-refractivity contribution in [2.75, 3.05) is 13.2 Å². The number of nitriles is 1. The summed E-state index contributed by atoms with van der Waals surface area (Å²) in [6, 6.07) is 5.83. The zero-order chi connectivity index (χ0) is 14.9. The predicted molar refractivity (Wildman–Crippen MR) is 74.9 cm³/mol. The molecule has 1 aliphatic rings. The Morgan fingerprint density at radius 3 is 2.75 bits per heavy atom. The van der Waals surface area contributed by atoms with E-state index in [1.165, 1.54) is 22.5 Å². The summed E-state index contributed by atoms with van der Waals surface area (Å²) in [5.74, 6) is 0. The third kappa shape index (κ3) is 2.81. The summed E-state index contributed by atoms with van der Waals surface area (Å²) in [6.07, 6.45) is -0.144. The first-order chi connectivity index (χ1) is 9.36. The summed E-state index contributed by atoms with van der Waals surface area (Å²) in [7, 11) is -3.63. The highest BCUT2D eigenvalue weighted by atomic mass is 35.5. The number of nitrogens with zero attached hydrogens (tertiary/aromatic N) is 2. The lowest BCUT2D eigenvalue weighted by atomic mass is 10.2. The molecule has 1 aromatic carbocycles. The standard InChI is InChI=1S/C13H15ClN2O3S/c1-9-8-19-10(2)7-16(9)20(17,18)12-4-3-11(6-15)13(14)5-12/h3-5,9-10H,7-8H2,1-2H3/t9-,10-/m1/s1. The molecule has 2 rings (SSSR count). The number of sulfonamides is 1. The lowest BCUT2D eigenvalue weighted by molar-refractivity contribution is -0.0170. The highest BCUT2D eigenvalue weighted by molar-refractivity contribution is 7.89. The molecular formula is C13H15ClN2O3S. The topological polar surface area (TPSA) is 70.4 Å². The number of benzene rings is 1. The van der Waals surface area contributed by atoms with Crippen LogP contribution in [-0.4, -0.2) is 38.0 Å². The van der Waals surface area contributed by atoms with Crippen molar-refractivity contribution < 1.29 is 13.2 Å². The lowest BCUT2D eigenvalue weighted by Crippen LogP contribution is -2.50. The molecule has 20 heavy (non-hydrogen) atoms. The maximum absolute atomic E-state index is 12.6. The van der Waals surface area contributed by atoms with E-state index in [1.54, 1.807) is 6.92 Å². The van der Waals surface area contributed by atoms with Crippen LogP contribution in [0.3, 0.4) is 0 Å². The third-order valence-corrected chi connectivity index (χ3v) is 5.51. The average molecular weight is 315 g/mol. The van der Waals surface area contributed by atoms with Crippen molar-refractivity contribution in [1.82, 2.24) is 4.31 Å². The van der Waals surface area contributed by atoms with Crippen molar-refractivity contribution in [2.45, 2.75) is 30.9 Å². The molecule has 2 atom stereocenters. The number of hydrogen-bond donors (Lipinski definition) is 0. The van der Waals surface area contributed by atoms with Gasteiger partial charge < -0.3 is 4.74 Å². The van der Waals surface area contributed by atoms with E-state index in [4.69, 9.17) is 21.6 Å². The largest absolute Gasteiger partial charge is 0.375 e. The second-order valence-electron chi connectivity index (χ2n) is 4.82. The molecule has 0 aliphatic carbocycles. The molecule has 0 radical (unpaired) electrons. The number of halogens is 1. The quantitative estimate of drug-likeness (QED) is 0.837. The predicted octanol–water partition coefficient (Wildman–Crippen LogP) is 2.01. The van der Waals surface area contributed by atoms with Gasteiger partial charge in [0.1, 0.15) is 6.07 Å². The highest BCUT2D eigenvalue weighted by Gasteiger charge is 2.34. The molecule has 0 aromatic heterocycles. The Balaban J connectivity index is 2.39. The molecule has 0 amide bonds. The van der Waals surface area contributed by atoms with Gasteiger partial charge in [-0.05, 0) is 32.0 Å². The Kier molecular flexibility index (Phi) is 4.35. The first-order valence-corrected chi connectivity index (χ1v) is 8.01. The van der Waals surface area contributed by atoms with Crippen molar-refractivity contribution in [3.63, 3.8) is 0 Å². The molecule has 0 bridgehead atoms. The summed E-state index contributed by atoms with van der Waals surface area (Å²) in [6.45, 7) is 4.31. The van der Waals surface area contributed by atoms with Crippen molar-refractivity contribution in [3.8, 4) is 6.07 Å². The van der Waals surface area contributed by atoms with Gasteiger partial charge in [-0.15, -0.1) is 0 Å². The van der Waals surface area contributed by atoms with Crippen LogP contribution in [0.2, 0.25) is 5.02 Å². The van der Waals surface area contributed by atoms with Gasteiger partial charge in [-0.3, -0.25) is 0 Å². The Morgan fingerprint density at radius 2 is 2.15 bits per heavy atom. The number of morpholine rings is 1. The SMILES string of the molecule is C[C@@H]1CN(S(=O)(=O)c2ccc(C#N)c(Cl)c2)[C@H](C)CO1. The first kappa shape index (κ1) is 15.3. The van der Waals surface area contributed by atoms with Crippen LogP contribution in [0.25, 0.3) is 0 Å². The second-order valence-corrected chi connectivity index (χ2v) is 7.12. The minimum atomic E-state index is -3.63. The molecule has 0 N–H and O–H groups in total. The number of hydrogen-bond acceptors (Lipinski definition) is 4. The first-order valence-electron chi connectivity index (χ1n) is 6.19. The van der Waals surface area contributed by atoms with Crippen LogP contribution in [0.15, 0.2) is 23.1 Å².